The standard InChI is InChI=1S/C19H16N2O5/c1-2-25-19(22)16(12-20)11-14-5-9-18(10-6-14)26-13-15-3-7-17(8-4-15)21(23)24/h3-11H,2,13H2,1H3. The summed E-state index contributed by atoms with van der Waals surface area (Å²) in [6.07, 6.45) is 1.44. The summed E-state index contributed by atoms with van der Waals surface area (Å²) in [4.78, 5) is 21.8. The Morgan fingerprint density at radius 2 is 1.85 bits per heavy atom. The fourth-order valence-electron chi connectivity index (χ4n) is 2.05. The first-order valence-electron chi connectivity index (χ1n) is 7.78. The van der Waals surface area contributed by atoms with Gasteiger partial charge in [0.25, 0.3) is 5.69 Å². The molecule has 0 aromatic heterocycles. The molecular weight excluding hydrogens is 336 g/mol. The van der Waals surface area contributed by atoms with E-state index in [1.807, 2.05) is 6.07 Å². The van der Waals surface area contributed by atoms with Crippen LogP contribution in [-0.2, 0) is 16.1 Å². The van der Waals surface area contributed by atoms with Gasteiger partial charge in [0.1, 0.15) is 24.0 Å². The average Bonchev–Trinajstić information content (AvgIpc) is 2.65. The third-order valence-electron chi connectivity index (χ3n) is 3.36. The van der Waals surface area contributed by atoms with Gasteiger partial charge >= 0.3 is 5.97 Å². The van der Waals surface area contributed by atoms with Gasteiger partial charge in [-0.05, 0) is 48.4 Å². The van der Waals surface area contributed by atoms with Crippen LogP contribution in [0.15, 0.2) is 54.1 Å². The first-order valence-corrected chi connectivity index (χ1v) is 7.78. The lowest BCUT2D eigenvalue weighted by molar-refractivity contribution is -0.384. The summed E-state index contributed by atoms with van der Waals surface area (Å²) in [5.41, 5.74) is 1.41. The number of nitro groups is 1. The Balaban J connectivity index is 2.00. The SMILES string of the molecule is CCOC(=O)C(C#N)=Cc1ccc(OCc2ccc([N+](=O)[O-])cc2)cc1. The molecule has 0 spiro atoms. The monoisotopic (exact) mass is 352 g/mol. The summed E-state index contributed by atoms with van der Waals surface area (Å²) >= 11 is 0. The highest BCUT2D eigenvalue weighted by molar-refractivity contribution is 5.97. The van der Waals surface area contributed by atoms with E-state index in [1.54, 1.807) is 43.3 Å². The third kappa shape index (κ3) is 5.18. The highest BCUT2D eigenvalue weighted by Crippen LogP contribution is 2.18. The highest BCUT2D eigenvalue weighted by atomic mass is 16.6. The summed E-state index contributed by atoms with van der Waals surface area (Å²) < 4.78 is 10.4. The van der Waals surface area contributed by atoms with Crippen LogP contribution in [0.2, 0.25) is 0 Å². The summed E-state index contributed by atoms with van der Waals surface area (Å²) in [7, 11) is 0. The smallest absolute Gasteiger partial charge is 0.348 e. The van der Waals surface area contributed by atoms with E-state index in [1.165, 1.54) is 18.2 Å². The number of carbonyl (C=O) groups is 1. The fourth-order valence-corrected chi connectivity index (χ4v) is 2.05. The molecule has 0 bridgehead atoms. The number of hydrogen-bond donors (Lipinski definition) is 0. The first kappa shape index (κ1) is 18.7. The van der Waals surface area contributed by atoms with Crippen molar-refractivity contribution < 1.29 is 19.2 Å². The predicted molar refractivity (Wildman–Crippen MR) is 94.1 cm³/mol. The third-order valence-corrected chi connectivity index (χ3v) is 3.36. The lowest BCUT2D eigenvalue weighted by Gasteiger charge is -2.06. The number of carbonyl (C=O) groups excluding carboxylic acids is 1. The molecule has 0 fully saturated rings. The van der Waals surface area contributed by atoms with E-state index in [9.17, 15) is 14.9 Å². The van der Waals surface area contributed by atoms with Gasteiger partial charge in [0.15, 0.2) is 0 Å². The molecule has 7 nitrogen and oxygen atoms in total. The largest absolute Gasteiger partial charge is 0.489 e. The van der Waals surface area contributed by atoms with Crippen molar-refractivity contribution in [1.82, 2.24) is 0 Å². The van der Waals surface area contributed by atoms with Gasteiger partial charge in [-0.2, -0.15) is 5.26 Å². The van der Waals surface area contributed by atoms with E-state index in [2.05, 4.69) is 0 Å². The van der Waals surface area contributed by atoms with Gasteiger partial charge in [-0.15, -0.1) is 0 Å². The van der Waals surface area contributed by atoms with Crippen LogP contribution in [0.5, 0.6) is 5.75 Å². The van der Waals surface area contributed by atoms with Crippen LogP contribution in [0.4, 0.5) is 5.69 Å². The topological polar surface area (TPSA) is 102 Å². The number of ether oxygens (including phenoxy) is 2. The van der Waals surface area contributed by atoms with Crippen LogP contribution >= 0.6 is 0 Å². The van der Waals surface area contributed by atoms with Crippen molar-refractivity contribution in [2.45, 2.75) is 13.5 Å². The zero-order valence-corrected chi connectivity index (χ0v) is 14.0. The number of non-ortho nitro benzene ring substituents is 1. The van der Waals surface area contributed by atoms with Gasteiger partial charge in [-0.3, -0.25) is 10.1 Å². The maximum atomic E-state index is 11.6. The van der Waals surface area contributed by atoms with Crippen LogP contribution < -0.4 is 4.74 Å². The zero-order chi connectivity index (χ0) is 18.9. The molecule has 0 N–H and O–H groups in total. The maximum Gasteiger partial charge on any atom is 0.348 e. The second-order valence-electron chi connectivity index (χ2n) is 5.17. The van der Waals surface area contributed by atoms with Gasteiger partial charge < -0.3 is 9.47 Å². The van der Waals surface area contributed by atoms with Gasteiger partial charge in [-0.25, -0.2) is 4.79 Å². The van der Waals surface area contributed by atoms with Crippen LogP contribution in [0.3, 0.4) is 0 Å². The molecule has 2 aromatic rings. The second kappa shape index (κ2) is 8.99. The van der Waals surface area contributed by atoms with Crippen molar-refractivity contribution in [3.05, 3.63) is 75.3 Å². The number of nitro benzene ring substituents is 1. The van der Waals surface area contributed by atoms with Crippen LogP contribution in [0, 0.1) is 21.4 Å². The van der Waals surface area contributed by atoms with Crippen molar-refractivity contribution >= 4 is 17.7 Å². The lowest BCUT2D eigenvalue weighted by atomic mass is 10.1. The van der Waals surface area contributed by atoms with Crippen molar-refractivity contribution in [2.24, 2.45) is 0 Å². The fraction of sp³-hybridized carbons (Fsp3) is 0.158. The van der Waals surface area contributed by atoms with Crippen LogP contribution in [0.1, 0.15) is 18.1 Å². The molecule has 26 heavy (non-hydrogen) atoms. The highest BCUT2D eigenvalue weighted by Gasteiger charge is 2.09. The average molecular weight is 352 g/mol. The van der Waals surface area contributed by atoms with Gasteiger partial charge in [0.05, 0.1) is 11.5 Å². The Kier molecular flexibility index (Phi) is 6.46. The Labute approximate surface area is 150 Å². The minimum Gasteiger partial charge on any atom is -0.489 e. The van der Waals surface area contributed by atoms with E-state index >= 15 is 0 Å². The number of rotatable bonds is 7. The molecule has 0 saturated heterocycles. The Hall–Kier alpha value is -3.66. The lowest BCUT2D eigenvalue weighted by Crippen LogP contribution is -2.05. The minimum absolute atomic E-state index is 0.0276. The van der Waals surface area contributed by atoms with Crippen LogP contribution in [0.25, 0.3) is 6.08 Å². The van der Waals surface area contributed by atoms with Crippen LogP contribution in [-0.4, -0.2) is 17.5 Å². The molecule has 0 unspecified atom stereocenters. The quantitative estimate of drug-likeness (QED) is 0.248. The molecule has 0 heterocycles. The van der Waals surface area contributed by atoms with E-state index in [0.717, 1.165) is 5.56 Å². The van der Waals surface area contributed by atoms with Crippen molar-refractivity contribution in [2.75, 3.05) is 6.61 Å². The molecular formula is C19H16N2O5. The second-order valence-corrected chi connectivity index (χ2v) is 5.17. The summed E-state index contributed by atoms with van der Waals surface area (Å²) in [5.74, 6) is -0.0661. The van der Waals surface area contributed by atoms with Crippen molar-refractivity contribution in [3.63, 3.8) is 0 Å². The molecule has 2 rings (SSSR count). The molecule has 7 heteroatoms. The van der Waals surface area contributed by atoms with E-state index < -0.39 is 10.9 Å². The number of benzene rings is 2. The number of nitriles is 1. The Morgan fingerprint density at radius 1 is 1.19 bits per heavy atom. The molecule has 0 aliphatic rings. The predicted octanol–water partition coefficient (Wildman–Crippen LogP) is 3.64. The molecule has 0 atom stereocenters. The Bertz CT molecular complexity index is 849. The summed E-state index contributed by atoms with van der Waals surface area (Å²) in [6, 6.07) is 14.8. The Morgan fingerprint density at radius 3 is 2.38 bits per heavy atom. The summed E-state index contributed by atoms with van der Waals surface area (Å²) in [6.45, 7) is 2.14. The molecule has 0 amide bonds. The van der Waals surface area contributed by atoms with Gasteiger partial charge in [0.2, 0.25) is 0 Å². The minimum atomic E-state index is -0.659. The molecule has 0 aliphatic heterocycles. The number of nitrogens with zero attached hydrogens (tertiary/aromatic N) is 2. The molecule has 2 aromatic carbocycles. The van der Waals surface area contributed by atoms with Crippen molar-refractivity contribution in [3.8, 4) is 11.8 Å². The van der Waals surface area contributed by atoms with Crippen molar-refractivity contribution in [1.29, 1.82) is 5.26 Å². The maximum absolute atomic E-state index is 11.6. The van der Waals surface area contributed by atoms with Gasteiger partial charge in [0, 0.05) is 12.1 Å². The first-order chi connectivity index (χ1) is 12.5. The normalized spacial score (nSPS) is 10.7. The molecule has 0 aliphatic carbocycles. The molecule has 0 radical (unpaired) electrons. The van der Waals surface area contributed by atoms with E-state index in [0.29, 0.717) is 11.3 Å². The zero-order valence-electron chi connectivity index (χ0n) is 14.0. The molecule has 132 valence electrons. The molecule has 0 saturated carbocycles. The number of hydrogen-bond acceptors (Lipinski definition) is 6. The van der Waals surface area contributed by atoms with E-state index in [-0.39, 0.29) is 24.5 Å². The van der Waals surface area contributed by atoms with E-state index in [4.69, 9.17) is 14.7 Å². The summed E-state index contributed by atoms with van der Waals surface area (Å²) in [5, 5.41) is 19.6. The number of esters is 1. The van der Waals surface area contributed by atoms with Gasteiger partial charge in [-0.1, -0.05) is 12.1 Å².